The van der Waals surface area contributed by atoms with Crippen LogP contribution in [0, 0.1) is 0 Å². The van der Waals surface area contributed by atoms with E-state index in [1.165, 1.54) is 7.11 Å². The molecule has 0 aliphatic rings. The summed E-state index contributed by atoms with van der Waals surface area (Å²) in [5.74, 6) is -2.30. The number of esters is 2. The standard InChI is InChI=1S/C7H9NO5/c1-4-5(9)13-6(8-12-3)7(10)11-2/h4H,1H2,2-3H3. The first kappa shape index (κ1) is 11.2. The van der Waals surface area contributed by atoms with Crippen molar-refractivity contribution in [2.45, 2.75) is 0 Å². The average Bonchev–Trinajstić information content (AvgIpc) is 2.15. The monoisotopic (exact) mass is 187 g/mol. The van der Waals surface area contributed by atoms with Crippen LogP contribution in [-0.2, 0) is 23.9 Å². The van der Waals surface area contributed by atoms with Crippen LogP contribution in [0.4, 0.5) is 0 Å². The van der Waals surface area contributed by atoms with Crippen molar-refractivity contribution < 1.29 is 23.9 Å². The molecule has 0 heterocycles. The number of nitrogens with zero attached hydrogens (tertiary/aromatic N) is 1. The number of ether oxygens (including phenoxy) is 2. The molecule has 0 N–H and O–H groups in total. The van der Waals surface area contributed by atoms with E-state index in [4.69, 9.17) is 0 Å². The summed E-state index contributed by atoms with van der Waals surface area (Å²) in [6.07, 6.45) is 0.883. The number of hydrogen-bond donors (Lipinski definition) is 0. The summed E-state index contributed by atoms with van der Waals surface area (Å²) in [5.41, 5.74) is 0. The van der Waals surface area contributed by atoms with Crippen LogP contribution < -0.4 is 0 Å². The predicted octanol–water partition coefficient (Wildman–Crippen LogP) is -0.152. The van der Waals surface area contributed by atoms with Crippen LogP contribution in [0.25, 0.3) is 0 Å². The Bertz CT molecular complexity index is 245. The fraction of sp³-hybridized carbons (Fsp3) is 0.286. The Labute approximate surface area is 74.8 Å². The summed E-state index contributed by atoms with van der Waals surface area (Å²) < 4.78 is 8.64. The first-order valence-electron chi connectivity index (χ1n) is 3.19. The zero-order valence-corrected chi connectivity index (χ0v) is 7.27. The van der Waals surface area contributed by atoms with Crippen molar-refractivity contribution >= 4 is 17.8 Å². The van der Waals surface area contributed by atoms with Crippen molar-refractivity contribution in [2.24, 2.45) is 5.16 Å². The second-order valence-electron chi connectivity index (χ2n) is 1.70. The van der Waals surface area contributed by atoms with Crippen molar-refractivity contribution in [3.63, 3.8) is 0 Å². The highest BCUT2D eigenvalue weighted by atomic mass is 16.7. The van der Waals surface area contributed by atoms with Gasteiger partial charge in [0.05, 0.1) is 7.11 Å². The van der Waals surface area contributed by atoms with Gasteiger partial charge in [0.2, 0.25) is 0 Å². The molecule has 0 saturated carbocycles. The molecule has 0 radical (unpaired) electrons. The molecule has 0 spiro atoms. The van der Waals surface area contributed by atoms with Gasteiger partial charge in [-0.1, -0.05) is 6.58 Å². The first-order valence-corrected chi connectivity index (χ1v) is 3.19. The van der Waals surface area contributed by atoms with E-state index in [1.54, 1.807) is 0 Å². The summed E-state index contributed by atoms with van der Waals surface area (Å²) in [5, 5.41) is 3.13. The molecule has 0 aromatic carbocycles. The smallest absolute Gasteiger partial charge is 0.397 e. The number of methoxy groups -OCH3 is 1. The largest absolute Gasteiger partial charge is 0.462 e. The molecule has 0 bridgehead atoms. The summed E-state index contributed by atoms with van der Waals surface area (Å²) in [7, 11) is 2.32. The molecule has 0 aromatic heterocycles. The van der Waals surface area contributed by atoms with Gasteiger partial charge in [0.25, 0.3) is 0 Å². The van der Waals surface area contributed by atoms with Gasteiger partial charge in [-0.05, 0) is 5.16 Å². The Balaban J connectivity index is 4.44. The molecule has 72 valence electrons. The molecule has 0 unspecified atom stereocenters. The van der Waals surface area contributed by atoms with Gasteiger partial charge in [0.1, 0.15) is 7.11 Å². The van der Waals surface area contributed by atoms with E-state index >= 15 is 0 Å². The lowest BCUT2D eigenvalue weighted by atomic mass is 10.6. The average molecular weight is 187 g/mol. The third-order valence-electron chi connectivity index (χ3n) is 0.898. The molecule has 6 nitrogen and oxygen atoms in total. The van der Waals surface area contributed by atoms with E-state index in [-0.39, 0.29) is 0 Å². The highest BCUT2D eigenvalue weighted by Gasteiger charge is 2.17. The number of rotatable bonds is 2. The molecular weight excluding hydrogens is 178 g/mol. The lowest BCUT2D eigenvalue weighted by Gasteiger charge is -2.01. The highest BCUT2D eigenvalue weighted by molar-refractivity contribution is 6.34. The third kappa shape index (κ3) is 3.90. The van der Waals surface area contributed by atoms with Gasteiger partial charge in [-0.3, -0.25) is 0 Å². The zero-order chi connectivity index (χ0) is 10.3. The van der Waals surface area contributed by atoms with Gasteiger partial charge in [-0.15, -0.1) is 0 Å². The Morgan fingerprint density at radius 2 is 2.00 bits per heavy atom. The lowest BCUT2D eigenvalue weighted by Crippen LogP contribution is -2.22. The SMILES string of the molecule is C=CC(=O)OC(=NOC)C(=O)OC. The van der Waals surface area contributed by atoms with Crippen LogP contribution in [0.1, 0.15) is 0 Å². The van der Waals surface area contributed by atoms with Crippen LogP contribution in [0.15, 0.2) is 17.8 Å². The number of oxime groups is 1. The Kier molecular flexibility index (Phi) is 4.94. The zero-order valence-electron chi connectivity index (χ0n) is 7.27. The molecule has 0 fully saturated rings. The van der Waals surface area contributed by atoms with Gasteiger partial charge in [0, 0.05) is 6.08 Å². The molecule has 0 aliphatic carbocycles. The summed E-state index contributed by atoms with van der Waals surface area (Å²) >= 11 is 0. The molecule has 0 rings (SSSR count). The molecule has 0 aromatic rings. The van der Waals surface area contributed by atoms with Crippen molar-refractivity contribution in [3.05, 3.63) is 12.7 Å². The summed E-state index contributed by atoms with van der Waals surface area (Å²) in [4.78, 5) is 25.7. The second kappa shape index (κ2) is 5.76. The van der Waals surface area contributed by atoms with E-state index in [9.17, 15) is 9.59 Å². The Morgan fingerprint density at radius 1 is 1.38 bits per heavy atom. The van der Waals surface area contributed by atoms with Crippen LogP contribution in [0.5, 0.6) is 0 Å². The number of hydrogen-bond acceptors (Lipinski definition) is 6. The number of carbonyl (C=O) groups excluding carboxylic acids is 2. The van der Waals surface area contributed by atoms with Crippen molar-refractivity contribution in [3.8, 4) is 0 Å². The molecular formula is C7H9NO5. The van der Waals surface area contributed by atoms with Gasteiger partial charge in [0.15, 0.2) is 0 Å². The van der Waals surface area contributed by atoms with E-state index in [1.807, 2.05) is 0 Å². The lowest BCUT2D eigenvalue weighted by molar-refractivity contribution is -0.139. The van der Waals surface area contributed by atoms with Crippen molar-refractivity contribution in [1.82, 2.24) is 0 Å². The first-order chi connectivity index (χ1) is 6.15. The van der Waals surface area contributed by atoms with E-state index < -0.39 is 17.8 Å². The minimum atomic E-state index is -0.906. The molecule has 0 saturated heterocycles. The molecule has 0 amide bonds. The van der Waals surface area contributed by atoms with E-state index in [0.29, 0.717) is 0 Å². The van der Waals surface area contributed by atoms with Gasteiger partial charge in [-0.2, -0.15) is 0 Å². The van der Waals surface area contributed by atoms with Gasteiger partial charge >= 0.3 is 17.8 Å². The van der Waals surface area contributed by atoms with Crippen LogP contribution in [0.3, 0.4) is 0 Å². The van der Waals surface area contributed by atoms with Crippen molar-refractivity contribution in [1.29, 1.82) is 0 Å². The fourth-order valence-corrected chi connectivity index (χ4v) is 0.405. The van der Waals surface area contributed by atoms with E-state index in [2.05, 4.69) is 26.0 Å². The topological polar surface area (TPSA) is 74.2 Å². The number of carbonyl (C=O) groups is 2. The maximum atomic E-state index is 10.8. The maximum Gasteiger partial charge on any atom is 0.397 e. The fourth-order valence-electron chi connectivity index (χ4n) is 0.405. The van der Waals surface area contributed by atoms with Crippen LogP contribution in [0.2, 0.25) is 0 Å². The predicted molar refractivity (Wildman–Crippen MR) is 42.7 cm³/mol. The molecule has 6 heteroatoms. The maximum absolute atomic E-state index is 10.8. The minimum Gasteiger partial charge on any atom is -0.462 e. The Hall–Kier alpha value is -1.85. The summed E-state index contributed by atoms with van der Waals surface area (Å²) in [6, 6.07) is 0. The molecule has 0 aliphatic heterocycles. The highest BCUT2D eigenvalue weighted by Crippen LogP contribution is 1.89. The summed E-state index contributed by atoms with van der Waals surface area (Å²) in [6.45, 7) is 3.14. The van der Waals surface area contributed by atoms with Crippen LogP contribution in [-0.4, -0.2) is 32.1 Å². The van der Waals surface area contributed by atoms with Crippen LogP contribution >= 0.6 is 0 Å². The normalized spacial score (nSPS) is 10.2. The quantitative estimate of drug-likeness (QED) is 0.197. The second-order valence-corrected chi connectivity index (χ2v) is 1.70. The molecule has 13 heavy (non-hydrogen) atoms. The van der Waals surface area contributed by atoms with Crippen molar-refractivity contribution in [2.75, 3.05) is 14.2 Å². The third-order valence-corrected chi connectivity index (χ3v) is 0.898. The Morgan fingerprint density at radius 3 is 2.38 bits per heavy atom. The molecule has 0 atom stereocenters. The van der Waals surface area contributed by atoms with E-state index in [0.717, 1.165) is 13.2 Å². The van der Waals surface area contributed by atoms with Gasteiger partial charge in [-0.25, -0.2) is 9.59 Å². The van der Waals surface area contributed by atoms with Gasteiger partial charge < -0.3 is 14.3 Å². The minimum absolute atomic E-state index is 0.574.